The summed E-state index contributed by atoms with van der Waals surface area (Å²) in [5, 5.41) is 10.7. The summed E-state index contributed by atoms with van der Waals surface area (Å²) in [5.41, 5.74) is 3.00. The molecular formula is C21H25Cl2N3O2. The molecule has 0 amide bonds. The van der Waals surface area contributed by atoms with Crippen LogP contribution in [-0.2, 0) is 0 Å². The number of hydroxylamine groups is 1. The van der Waals surface area contributed by atoms with Gasteiger partial charge in [-0.2, -0.15) is 0 Å². The van der Waals surface area contributed by atoms with Crippen molar-refractivity contribution in [3.05, 3.63) is 52.1 Å². The molecule has 2 N–H and O–H groups in total. The number of hydrogen-bond acceptors (Lipinski definition) is 4. The summed E-state index contributed by atoms with van der Waals surface area (Å²) in [6.07, 6.45) is 4.72. The van der Waals surface area contributed by atoms with Gasteiger partial charge in [-0.1, -0.05) is 44.0 Å². The highest BCUT2D eigenvalue weighted by atomic mass is 35.5. The van der Waals surface area contributed by atoms with Crippen molar-refractivity contribution in [1.82, 2.24) is 10.5 Å². The molecule has 0 spiro atoms. The molecule has 2 aromatic rings. The van der Waals surface area contributed by atoms with Gasteiger partial charge in [0.15, 0.2) is 5.84 Å². The van der Waals surface area contributed by atoms with E-state index >= 15 is 0 Å². The number of rotatable bonds is 4. The van der Waals surface area contributed by atoms with Crippen LogP contribution in [0.1, 0.15) is 45.6 Å². The first-order valence-corrected chi connectivity index (χ1v) is 10.1. The molecule has 3 rings (SSSR count). The standard InChI is InChI=1S/C21H25Cl2N3O2/c1-13-9-15(12-21(2,3)11-13)25-19(26-27)16-5-4-8-24-20(16)28-18-10-14(22)6-7-17(18)23/h4-8,10,13,15,27H,9,11-12H2,1-3H3,(H,25,26). The van der Waals surface area contributed by atoms with Crippen molar-refractivity contribution in [2.24, 2.45) is 16.3 Å². The molecule has 0 bridgehead atoms. The van der Waals surface area contributed by atoms with E-state index < -0.39 is 0 Å². The van der Waals surface area contributed by atoms with Crippen molar-refractivity contribution >= 4 is 29.0 Å². The number of pyridine rings is 1. The van der Waals surface area contributed by atoms with Crippen LogP contribution in [0, 0.1) is 11.3 Å². The highest BCUT2D eigenvalue weighted by Crippen LogP contribution is 2.40. The molecule has 28 heavy (non-hydrogen) atoms. The summed E-state index contributed by atoms with van der Waals surface area (Å²) in [6.45, 7) is 6.77. The minimum atomic E-state index is 0.108. The number of aliphatic imine (C=N–C) groups is 1. The number of nitrogens with one attached hydrogen (secondary N) is 1. The number of amidine groups is 1. The quantitative estimate of drug-likeness (QED) is 0.354. The minimum Gasteiger partial charge on any atom is -0.437 e. The zero-order valence-electron chi connectivity index (χ0n) is 16.2. The topological polar surface area (TPSA) is 66.7 Å². The van der Waals surface area contributed by atoms with E-state index in [-0.39, 0.29) is 17.3 Å². The molecule has 5 nitrogen and oxygen atoms in total. The summed E-state index contributed by atoms with van der Waals surface area (Å²) in [5.74, 6) is 1.58. The van der Waals surface area contributed by atoms with E-state index in [0.717, 1.165) is 12.8 Å². The molecule has 0 aliphatic heterocycles. The van der Waals surface area contributed by atoms with Gasteiger partial charge in [0.2, 0.25) is 5.88 Å². The van der Waals surface area contributed by atoms with Crippen molar-refractivity contribution in [2.45, 2.75) is 46.1 Å². The lowest BCUT2D eigenvalue weighted by Crippen LogP contribution is -2.32. The average molecular weight is 422 g/mol. The molecular weight excluding hydrogens is 397 g/mol. The summed E-state index contributed by atoms with van der Waals surface area (Å²) in [6, 6.07) is 8.63. The molecule has 1 aromatic carbocycles. The predicted molar refractivity (Wildman–Crippen MR) is 113 cm³/mol. The molecule has 150 valence electrons. The first-order valence-electron chi connectivity index (χ1n) is 9.33. The Morgan fingerprint density at radius 2 is 2.07 bits per heavy atom. The van der Waals surface area contributed by atoms with Crippen LogP contribution in [0.5, 0.6) is 11.6 Å². The van der Waals surface area contributed by atoms with Crippen molar-refractivity contribution in [1.29, 1.82) is 0 Å². The van der Waals surface area contributed by atoms with Crippen LogP contribution < -0.4 is 10.2 Å². The fourth-order valence-electron chi connectivity index (χ4n) is 4.05. The number of ether oxygens (including phenoxy) is 1. The van der Waals surface area contributed by atoms with Crippen LogP contribution in [0.25, 0.3) is 0 Å². The normalized spacial score (nSPS) is 22.0. The van der Waals surface area contributed by atoms with Gasteiger partial charge in [0, 0.05) is 17.3 Å². The third-order valence-corrected chi connectivity index (χ3v) is 5.45. The molecule has 7 heteroatoms. The molecule has 2 unspecified atom stereocenters. The molecule has 1 aromatic heterocycles. The number of benzene rings is 1. The number of nitrogens with zero attached hydrogens (tertiary/aromatic N) is 2. The molecule has 1 aliphatic carbocycles. The fraction of sp³-hybridized carbons (Fsp3) is 0.429. The Kier molecular flexibility index (Phi) is 6.48. The second-order valence-corrected chi connectivity index (χ2v) is 9.03. The minimum absolute atomic E-state index is 0.108. The maximum absolute atomic E-state index is 9.78. The van der Waals surface area contributed by atoms with E-state index in [4.69, 9.17) is 32.9 Å². The van der Waals surface area contributed by atoms with Crippen molar-refractivity contribution in [2.75, 3.05) is 0 Å². The van der Waals surface area contributed by atoms with Gasteiger partial charge >= 0.3 is 0 Å². The zero-order chi connectivity index (χ0) is 20.3. The number of hydrogen-bond donors (Lipinski definition) is 2. The van der Waals surface area contributed by atoms with Crippen LogP contribution in [0.2, 0.25) is 10.0 Å². The smallest absolute Gasteiger partial charge is 0.230 e. The summed E-state index contributed by atoms with van der Waals surface area (Å²) in [4.78, 5) is 9.08. The Bertz CT molecular complexity index is 870. The number of halogens is 2. The van der Waals surface area contributed by atoms with Gasteiger partial charge in [0.05, 0.1) is 16.6 Å². The maximum Gasteiger partial charge on any atom is 0.230 e. The van der Waals surface area contributed by atoms with Gasteiger partial charge in [0.1, 0.15) is 5.75 Å². The van der Waals surface area contributed by atoms with Crippen LogP contribution >= 0.6 is 23.2 Å². The van der Waals surface area contributed by atoms with Gasteiger partial charge in [-0.15, -0.1) is 0 Å². The van der Waals surface area contributed by atoms with Gasteiger partial charge in [0.25, 0.3) is 0 Å². The van der Waals surface area contributed by atoms with Crippen molar-refractivity contribution in [3.63, 3.8) is 0 Å². The van der Waals surface area contributed by atoms with Crippen LogP contribution in [-0.4, -0.2) is 22.1 Å². The van der Waals surface area contributed by atoms with Crippen LogP contribution in [0.15, 0.2) is 41.5 Å². The molecule has 2 atom stereocenters. The van der Waals surface area contributed by atoms with E-state index in [1.807, 2.05) is 0 Å². The van der Waals surface area contributed by atoms with Gasteiger partial charge < -0.3 is 4.74 Å². The van der Waals surface area contributed by atoms with E-state index in [2.05, 4.69) is 31.2 Å². The second kappa shape index (κ2) is 8.68. The lowest BCUT2D eigenvalue weighted by atomic mass is 9.71. The SMILES string of the molecule is CC1CC(N=C(NO)c2cccnc2Oc2cc(Cl)ccc2Cl)CC(C)(C)C1. The first-order chi connectivity index (χ1) is 13.3. The summed E-state index contributed by atoms with van der Waals surface area (Å²) in [7, 11) is 0. The third-order valence-electron chi connectivity index (χ3n) is 4.91. The van der Waals surface area contributed by atoms with Crippen molar-refractivity contribution in [3.8, 4) is 11.6 Å². The third kappa shape index (κ3) is 5.16. The molecule has 0 radical (unpaired) electrons. The van der Waals surface area contributed by atoms with E-state index in [1.54, 1.807) is 36.5 Å². The molecule has 1 fully saturated rings. The average Bonchev–Trinajstić information content (AvgIpc) is 2.62. The Labute approximate surface area is 175 Å². The van der Waals surface area contributed by atoms with Gasteiger partial charge in [-0.3, -0.25) is 15.7 Å². The zero-order valence-corrected chi connectivity index (χ0v) is 17.8. The van der Waals surface area contributed by atoms with E-state index in [1.165, 1.54) is 6.42 Å². The fourth-order valence-corrected chi connectivity index (χ4v) is 4.37. The van der Waals surface area contributed by atoms with E-state index in [0.29, 0.717) is 33.1 Å². The maximum atomic E-state index is 9.78. The molecule has 1 aliphatic rings. The molecule has 0 saturated heterocycles. The second-order valence-electron chi connectivity index (χ2n) is 8.19. The van der Waals surface area contributed by atoms with Gasteiger partial charge in [-0.25, -0.2) is 4.98 Å². The highest BCUT2D eigenvalue weighted by molar-refractivity contribution is 6.34. The van der Waals surface area contributed by atoms with Gasteiger partial charge in [-0.05, 0) is 54.9 Å². The first kappa shape index (κ1) is 20.9. The van der Waals surface area contributed by atoms with Crippen molar-refractivity contribution < 1.29 is 9.94 Å². The summed E-state index contributed by atoms with van der Waals surface area (Å²) >= 11 is 12.3. The Hall–Kier alpha value is -1.82. The highest BCUT2D eigenvalue weighted by Gasteiger charge is 2.32. The molecule has 1 saturated carbocycles. The largest absolute Gasteiger partial charge is 0.437 e. The monoisotopic (exact) mass is 421 g/mol. The predicted octanol–water partition coefficient (Wildman–Crippen LogP) is 6.12. The van der Waals surface area contributed by atoms with E-state index in [9.17, 15) is 5.21 Å². The summed E-state index contributed by atoms with van der Waals surface area (Å²) < 4.78 is 5.90. The van der Waals surface area contributed by atoms with Crippen LogP contribution in [0.3, 0.4) is 0 Å². The van der Waals surface area contributed by atoms with Crippen LogP contribution in [0.4, 0.5) is 0 Å². The Morgan fingerprint density at radius 1 is 1.29 bits per heavy atom. The molecule has 1 heterocycles. The Morgan fingerprint density at radius 3 is 2.79 bits per heavy atom. The lowest BCUT2D eigenvalue weighted by molar-refractivity contribution is 0.169. The number of aromatic nitrogens is 1. The Balaban J connectivity index is 1.92. The lowest BCUT2D eigenvalue weighted by Gasteiger charge is -2.37.